The number of benzene rings is 1. The molecule has 0 bridgehead atoms. The lowest BCUT2D eigenvalue weighted by Crippen LogP contribution is -2.38. The molecule has 1 rings (SSSR count). The van der Waals surface area contributed by atoms with Gasteiger partial charge in [-0.1, -0.05) is 25.4 Å². The van der Waals surface area contributed by atoms with Gasteiger partial charge in [0, 0.05) is 18.5 Å². The Balaban J connectivity index is 3.38. The van der Waals surface area contributed by atoms with Crippen molar-refractivity contribution in [1.29, 1.82) is 0 Å². The van der Waals surface area contributed by atoms with E-state index in [-0.39, 0.29) is 27.4 Å². The van der Waals surface area contributed by atoms with Gasteiger partial charge in [0.25, 0.3) is 0 Å². The Labute approximate surface area is 129 Å². The maximum absolute atomic E-state index is 13.7. The molecule has 0 fully saturated rings. The summed E-state index contributed by atoms with van der Waals surface area (Å²) in [6, 6.07) is 2.11. The highest BCUT2D eigenvalue weighted by Gasteiger charge is 2.28. The lowest BCUT2D eigenvalue weighted by molar-refractivity contribution is 0.342. The van der Waals surface area contributed by atoms with E-state index in [1.165, 1.54) is 10.4 Å². The Kier molecular flexibility index (Phi) is 6.25. The van der Waals surface area contributed by atoms with Crippen LogP contribution >= 0.6 is 23.2 Å². The summed E-state index contributed by atoms with van der Waals surface area (Å²) < 4.78 is 40.2. The van der Waals surface area contributed by atoms with E-state index in [9.17, 15) is 12.8 Å². The Morgan fingerprint density at radius 1 is 1.35 bits per heavy atom. The minimum atomic E-state index is -3.76. The van der Waals surface area contributed by atoms with Crippen molar-refractivity contribution in [3.05, 3.63) is 28.5 Å². The molecule has 3 nitrogen and oxygen atoms in total. The molecule has 0 radical (unpaired) electrons. The van der Waals surface area contributed by atoms with E-state index in [1.807, 2.05) is 13.8 Å². The Hall–Kier alpha value is -0.360. The van der Waals surface area contributed by atoms with E-state index in [1.54, 1.807) is 6.92 Å². The fourth-order valence-corrected chi connectivity index (χ4v) is 4.15. The summed E-state index contributed by atoms with van der Waals surface area (Å²) in [6.07, 6.45) is 0.672. The summed E-state index contributed by atoms with van der Waals surface area (Å²) in [7, 11) is -3.76. The van der Waals surface area contributed by atoms with Crippen molar-refractivity contribution in [3.63, 3.8) is 0 Å². The molecule has 0 aliphatic rings. The predicted molar refractivity (Wildman–Crippen MR) is 80.3 cm³/mol. The molecule has 0 N–H and O–H groups in total. The highest BCUT2D eigenvalue weighted by atomic mass is 35.5. The second kappa shape index (κ2) is 7.07. The molecule has 0 heterocycles. The number of hydrogen-bond donors (Lipinski definition) is 0. The van der Waals surface area contributed by atoms with Crippen LogP contribution in [-0.4, -0.2) is 25.3 Å². The molecule has 7 heteroatoms. The van der Waals surface area contributed by atoms with Crippen LogP contribution in [0.3, 0.4) is 0 Å². The number of alkyl halides is 1. The number of rotatable bonds is 6. The maximum atomic E-state index is 13.7. The minimum absolute atomic E-state index is 0.0471. The van der Waals surface area contributed by atoms with Crippen LogP contribution in [0.2, 0.25) is 5.02 Å². The number of sulfonamides is 1. The summed E-state index contributed by atoms with van der Waals surface area (Å²) in [4.78, 5) is -0.114. The van der Waals surface area contributed by atoms with Gasteiger partial charge in [-0.2, -0.15) is 4.31 Å². The largest absolute Gasteiger partial charge is 0.243 e. The predicted octanol–water partition coefficient (Wildman–Crippen LogP) is 4.03. The van der Waals surface area contributed by atoms with Gasteiger partial charge < -0.3 is 0 Å². The molecule has 0 aromatic heterocycles. The second-order valence-electron chi connectivity index (χ2n) is 4.48. The molecule has 114 valence electrons. The van der Waals surface area contributed by atoms with Crippen molar-refractivity contribution in [3.8, 4) is 0 Å². The van der Waals surface area contributed by atoms with Crippen LogP contribution in [0.15, 0.2) is 17.0 Å². The fraction of sp³-hybridized carbons (Fsp3) is 0.538. The molecule has 0 spiro atoms. The quantitative estimate of drug-likeness (QED) is 0.732. The number of hydrogen-bond acceptors (Lipinski definition) is 2. The SMILES string of the molecule is CCC(C)N(CC)S(=O)(=O)c1cc(F)c(Cl)c(CCl)c1. The summed E-state index contributed by atoms with van der Waals surface area (Å²) in [6.45, 7) is 5.78. The van der Waals surface area contributed by atoms with Crippen LogP contribution < -0.4 is 0 Å². The zero-order valence-corrected chi connectivity index (χ0v) is 14.0. The van der Waals surface area contributed by atoms with E-state index in [0.29, 0.717) is 13.0 Å². The monoisotopic (exact) mass is 341 g/mol. The van der Waals surface area contributed by atoms with Gasteiger partial charge in [-0.25, -0.2) is 12.8 Å². The van der Waals surface area contributed by atoms with Gasteiger partial charge in [0.15, 0.2) is 0 Å². The van der Waals surface area contributed by atoms with Gasteiger partial charge in [0.2, 0.25) is 10.0 Å². The van der Waals surface area contributed by atoms with Crippen LogP contribution in [0.5, 0.6) is 0 Å². The van der Waals surface area contributed by atoms with E-state index < -0.39 is 15.8 Å². The van der Waals surface area contributed by atoms with Crippen molar-refractivity contribution < 1.29 is 12.8 Å². The summed E-state index contributed by atoms with van der Waals surface area (Å²) in [5.41, 5.74) is 0.270. The third-order valence-electron chi connectivity index (χ3n) is 3.22. The lowest BCUT2D eigenvalue weighted by Gasteiger charge is -2.26. The van der Waals surface area contributed by atoms with Crippen LogP contribution in [0.25, 0.3) is 0 Å². The topological polar surface area (TPSA) is 37.4 Å². The molecule has 1 unspecified atom stereocenters. The number of halogens is 3. The smallest absolute Gasteiger partial charge is 0.207 e. The second-order valence-corrected chi connectivity index (χ2v) is 7.01. The first-order chi connectivity index (χ1) is 9.29. The normalized spacial score (nSPS) is 13.8. The molecule has 0 saturated carbocycles. The molecule has 1 atom stereocenters. The lowest BCUT2D eigenvalue weighted by atomic mass is 10.2. The molecular formula is C13H18Cl2FNO2S. The van der Waals surface area contributed by atoms with Gasteiger partial charge >= 0.3 is 0 Å². The van der Waals surface area contributed by atoms with Crippen LogP contribution in [0.4, 0.5) is 4.39 Å². The van der Waals surface area contributed by atoms with E-state index in [0.717, 1.165) is 6.07 Å². The Morgan fingerprint density at radius 2 is 1.95 bits per heavy atom. The first-order valence-corrected chi connectivity index (χ1v) is 8.70. The molecule has 1 aromatic rings. The first kappa shape index (κ1) is 17.7. The van der Waals surface area contributed by atoms with Crippen molar-refractivity contribution in [1.82, 2.24) is 4.31 Å². The minimum Gasteiger partial charge on any atom is -0.207 e. The van der Waals surface area contributed by atoms with Gasteiger partial charge in [0.1, 0.15) is 5.82 Å². The average molecular weight is 342 g/mol. The molecular weight excluding hydrogens is 324 g/mol. The Bertz CT molecular complexity index is 578. The molecule has 0 saturated heterocycles. The van der Waals surface area contributed by atoms with E-state index in [2.05, 4.69) is 0 Å². The van der Waals surface area contributed by atoms with E-state index in [4.69, 9.17) is 23.2 Å². The Morgan fingerprint density at radius 3 is 2.40 bits per heavy atom. The third kappa shape index (κ3) is 3.45. The van der Waals surface area contributed by atoms with E-state index >= 15 is 0 Å². The van der Waals surface area contributed by atoms with Crippen molar-refractivity contribution >= 4 is 33.2 Å². The maximum Gasteiger partial charge on any atom is 0.243 e. The fourth-order valence-electron chi connectivity index (χ4n) is 1.92. The zero-order valence-electron chi connectivity index (χ0n) is 11.7. The van der Waals surface area contributed by atoms with Crippen molar-refractivity contribution in [2.24, 2.45) is 0 Å². The van der Waals surface area contributed by atoms with Gasteiger partial charge in [0.05, 0.1) is 9.92 Å². The van der Waals surface area contributed by atoms with Crippen molar-refractivity contribution in [2.45, 2.75) is 44.0 Å². The highest BCUT2D eigenvalue weighted by Crippen LogP contribution is 2.28. The average Bonchev–Trinajstić information content (AvgIpc) is 2.41. The molecule has 0 aliphatic carbocycles. The molecule has 0 aliphatic heterocycles. The summed E-state index contributed by atoms with van der Waals surface area (Å²) in [5, 5.41) is -0.134. The van der Waals surface area contributed by atoms with Gasteiger partial charge in [-0.3, -0.25) is 0 Å². The van der Waals surface area contributed by atoms with Crippen molar-refractivity contribution in [2.75, 3.05) is 6.54 Å². The standard InChI is InChI=1S/C13H18Cl2FNO2S/c1-4-9(3)17(5-2)20(18,19)11-6-10(8-14)13(15)12(16)7-11/h6-7,9H,4-5,8H2,1-3H3. The number of nitrogens with zero attached hydrogens (tertiary/aromatic N) is 1. The molecule has 1 aromatic carbocycles. The molecule has 0 amide bonds. The van der Waals surface area contributed by atoms with Crippen LogP contribution in [-0.2, 0) is 15.9 Å². The van der Waals surface area contributed by atoms with Gasteiger partial charge in [-0.15, -0.1) is 11.6 Å². The zero-order chi connectivity index (χ0) is 15.5. The first-order valence-electron chi connectivity index (χ1n) is 6.35. The highest BCUT2D eigenvalue weighted by molar-refractivity contribution is 7.89. The van der Waals surface area contributed by atoms with Gasteiger partial charge in [-0.05, 0) is 31.0 Å². The summed E-state index contributed by atoms with van der Waals surface area (Å²) >= 11 is 11.4. The summed E-state index contributed by atoms with van der Waals surface area (Å²) in [5.74, 6) is -0.822. The third-order valence-corrected chi connectivity index (χ3v) is 6.00. The molecule has 20 heavy (non-hydrogen) atoms. The van der Waals surface area contributed by atoms with Crippen LogP contribution in [0.1, 0.15) is 32.8 Å². The van der Waals surface area contributed by atoms with Crippen LogP contribution in [0, 0.1) is 5.82 Å².